The van der Waals surface area contributed by atoms with Crippen molar-refractivity contribution in [2.24, 2.45) is 0 Å². The molecule has 0 aliphatic heterocycles. The van der Waals surface area contributed by atoms with Crippen molar-refractivity contribution in [2.75, 3.05) is 11.9 Å². The summed E-state index contributed by atoms with van der Waals surface area (Å²) in [4.78, 5) is 12.1. The Hall–Kier alpha value is -2.41. The molecule has 0 aliphatic rings. The molecular formula is C16H22N4O3. The SMILES string of the molecule is CCC(O)(CC)CNC(=O)Nc1cc(-c2nnco2)ccc1C. The van der Waals surface area contributed by atoms with E-state index in [1.54, 1.807) is 6.07 Å². The van der Waals surface area contributed by atoms with E-state index in [1.807, 2.05) is 32.9 Å². The topological polar surface area (TPSA) is 100 Å². The first-order chi connectivity index (χ1) is 11.0. The van der Waals surface area contributed by atoms with Crippen LogP contribution < -0.4 is 10.6 Å². The molecule has 1 heterocycles. The van der Waals surface area contributed by atoms with Gasteiger partial charge in [-0.3, -0.25) is 0 Å². The molecule has 0 bridgehead atoms. The Bertz CT molecular complexity index is 651. The van der Waals surface area contributed by atoms with Crippen LogP contribution in [0.1, 0.15) is 32.3 Å². The van der Waals surface area contributed by atoms with Crippen LogP contribution in [0.5, 0.6) is 0 Å². The first kappa shape index (κ1) is 17.0. The van der Waals surface area contributed by atoms with E-state index in [9.17, 15) is 9.90 Å². The van der Waals surface area contributed by atoms with Crippen molar-refractivity contribution in [3.05, 3.63) is 30.2 Å². The zero-order valence-corrected chi connectivity index (χ0v) is 13.6. The highest BCUT2D eigenvalue weighted by Crippen LogP contribution is 2.23. The molecule has 2 aromatic rings. The van der Waals surface area contributed by atoms with Gasteiger partial charge in [0.15, 0.2) is 0 Å². The predicted molar refractivity (Wildman–Crippen MR) is 87.0 cm³/mol. The fourth-order valence-corrected chi connectivity index (χ4v) is 2.10. The molecule has 0 fully saturated rings. The van der Waals surface area contributed by atoms with E-state index in [-0.39, 0.29) is 12.6 Å². The van der Waals surface area contributed by atoms with Gasteiger partial charge in [0, 0.05) is 17.8 Å². The summed E-state index contributed by atoms with van der Waals surface area (Å²) in [6.07, 6.45) is 2.41. The summed E-state index contributed by atoms with van der Waals surface area (Å²) in [7, 11) is 0. The average Bonchev–Trinajstić information content (AvgIpc) is 3.09. The number of aromatic nitrogens is 2. The summed E-state index contributed by atoms with van der Waals surface area (Å²) in [6.45, 7) is 5.87. The number of hydrogen-bond donors (Lipinski definition) is 3. The Morgan fingerprint density at radius 3 is 2.70 bits per heavy atom. The van der Waals surface area contributed by atoms with Crippen molar-refractivity contribution in [1.29, 1.82) is 0 Å². The molecule has 0 saturated carbocycles. The molecule has 7 nitrogen and oxygen atoms in total. The van der Waals surface area contributed by atoms with E-state index in [4.69, 9.17) is 4.42 Å². The number of rotatable bonds is 6. The second-order valence-corrected chi connectivity index (χ2v) is 5.51. The number of hydrogen-bond acceptors (Lipinski definition) is 5. The van der Waals surface area contributed by atoms with Crippen molar-refractivity contribution < 1.29 is 14.3 Å². The third kappa shape index (κ3) is 4.29. The maximum atomic E-state index is 12.1. The van der Waals surface area contributed by atoms with Gasteiger partial charge < -0.3 is 20.2 Å². The molecule has 7 heteroatoms. The largest absolute Gasteiger partial charge is 0.423 e. The number of nitrogens with one attached hydrogen (secondary N) is 2. The minimum Gasteiger partial charge on any atom is -0.423 e. The van der Waals surface area contributed by atoms with Crippen LogP contribution in [0.4, 0.5) is 10.5 Å². The Kier molecular flexibility index (Phi) is 5.33. The maximum absolute atomic E-state index is 12.1. The van der Waals surface area contributed by atoms with Gasteiger partial charge in [0.05, 0.1) is 5.60 Å². The Labute approximate surface area is 135 Å². The zero-order valence-electron chi connectivity index (χ0n) is 13.6. The first-order valence-corrected chi connectivity index (χ1v) is 7.62. The summed E-state index contributed by atoms with van der Waals surface area (Å²) in [5.41, 5.74) is 1.40. The third-order valence-electron chi connectivity index (χ3n) is 3.99. The number of urea groups is 1. The lowest BCUT2D eigenvalue weighted by molar-refractivity contribution is 0.0354. The number of aryl methyl sites for hydroxylation is 1. The normalized spacial score (nSPS) is 11.3. The van der Waals surface area contributed by atoms with Crippen molar-refractivity contribution in [2.45, 2.75) is 39.2 Å². The van der Waals surface area contributed by atoms with Crippen LogP contribution in [0.3, 0.4) is 0 Å². The highest BCUT2D eigenvalue weighted by Gasteiger charge is 2.22. The standard InChI is InChI=1S/C16H22N4O3/c1-4-16(22,5-2)9-17-15(21)19-13-8-12(7-6-11(13)3)14-20-18-10-23-14/h6-8,10,22H,4-5,9H2,1-3H3,(H2,17,19,21). The van der Waals surface area contributed by atoms with Gasteiger partial charge in [0.1, 0.15) is 0 Å². The second kappa shape index (κ2) is 7.23. The fraction of sp³-hybridized carbons (Fsp3) is 0.438. The first-order valence-electron chi connectivity index (χ1n) is 7.62. The molecule has 3 N–H and O–H groups in total. The lowest BCUT2D eigenvalue weighted by atomic mass is 9.98. The number of amides is 2. The van der Waals surface area contributed by atoms with Crippen LogP contribution in [-0.4, -0.2) is 33.5 Å². The summed E-state index contributed by atoms with van der Waals surface area (Å²) < 4.78 is 5.16. The molecule has 2 rings (SSSR count). The van der Waals surface area contributed by atoms with Gasteiger partial charge >= 0.3 is 6.03 Å². The molecule has 1 aromatic carbocycles. The van der Waals surface area contributed by atoms with E-state index in [2.05, 4.69) is 20.8 Å². The van der Waals surface area contributed by atoms with E-state index in [0.717, 1.165) is 11.1 Å². The van der Waals surface area contributed by atoms with Crippen molar-refractivity contribution in [1.82, 2.24) is 15.5 Å². The summed E-state index contributed by atoms with van der Waals surface area (Å²) in [5.74, 6) is 0.389. The quantitative estimate of drug-likeness (QED) is 0.760. The number of carbonyl (C=O) groups excluding carboxylic acids is 1. The van der Waals surface area contributed by atoms with Crippen molar-refractivity contribution in [3.8, 4) is 11.5 Å². The number of nitrogens with zero attached hydrogens (tertiary/aromatic N) is 2. The Balaban J connectivity index is 2.05. The van der Waals surface area contributed by atoms with Gasteiger partial charge in [-0.2, -0.15) is 0 Å². The number of carbonyl (C=O) groups is 1. The molecule has 23 heavy (non-hydrogen) atoms. The molecule has 0 aliphatic carbocycles. The Morgan fingerprint density at radius 1 is 1.35 bits per heavy atom. The van der Waals surface area contributed by atoms with Crippen LogP contribution >= 0.6 is 0 Å². The molecule has 124 valence electrons. The minimum atomic E-state index is -0.877. The van der Waals surface area contributed by atoms with Crippen LogP contribution in [-0.2, 0) is 0 Å². The number of aliphatic hydroxyl groups is 1. The smallest absolute Gasteiger partial charge is 0.319 e. The molecule has 0 radical (unpaired) electrons. The molecular weight excluding hydrogens is 296 g/mol. The van der Waals surface area contributed by atoms with E-state index >= 15 is 0 Å². The highest BCUT2D eigenvalue weighted by molar-refractivity contribution is 5.90. The lowest BCUT2D eigenvalue weighted by Gasteiger charge is -2.25. The predicted octanol–water partition coefficient (Wildman–Crippen LogP) is 2.72. The monoisotopic (exact) mass is 318 g/mol. The molecule has 0 spiro atoms. The molecule has 0 atom stereocenters. The average molecular weight is 318 g/mol. The number of benzene rings is 1. The zero-order chi connectivity index (χ0) is 16.9. The third-order valence-corrected chi connectivity index (χ3v) is 3.99. The van der Waals surface area contributed by atoms with Gasteiger partial charge in [0.2, 0.25) is 12.3 Å². The van der Waals surface area contributed by atoms with E-state index in [1.165, 1.54) is 6.39 Å². The van der Waals surface area contributed by atoms with Crippen molar-refractivity contribution in [3.63, 3.8) is 0 Å². The summed E-state index contributed by atoms with van der Waals surface area (Å²) in [6, 6.07) is 5.12. The molecule has 0 unspecified atom stereocenters. The minimum absolute atomic E-state index is 0.203. The number of anilines is 1. The van der Waals surface area contributed by atoms with Gasteiger partial charge in [-0.25, -0.2) is 4.79 Å². The van der Waals surface area contributed by atoms with Crippen LogP contribution in [0.2, 0.25) is 0 Å². The lowest BCUT2D eigenvalue weighted by Crippen LogP contribution is -2.43. The van der Waals surface area contributed by atoms with Gasteiger partial charge in [-0.1, -0.05) is 19.9 Å². The van der Waals surface area contributed by atoms with E-state index in [0.29, 0.717) is 24.4 Å². The second-order valence-electron chi connectivity index (χ2n) is 5.51. The van der Waals surface area contributed by atoms with Gasteiger partial charge in [-0.05, 0) is 37.5 Å². The van der Waals surface area contributed by atoms with Gasteiger partial charge in [-0.15, -0.1) is 10.2 Å². The fourth-order valence-electron chi connectivity index (χ4n) is 2.10. The van der Waals surface area contributed by atoms with E-state index < -0.39 is 5.60 Å². The molecule has 0 saturated heterocycles. The van der Waals surface area contributed by atoms with Crippen LogP contribution in [0.25, 0.3) is 11.5 Å². The van der Waals surface area contributed by atoms with Gasteiger partial charge in [0.25, 0.3) is 0 Å². The molecule has 1 aromatic heterocycles. The van der Waals surface area contributed by atoms with Crippen LogP contribution in [0.15, 0.2) is 29.0 Å². The highest BCUT2D eigenvalue weighted by atomic mass is 16.4. The van der Waals surface area contributed by atoms with Crippen LogP contribution in [0, 0.1) is 6.92 Å². The maximum Gasteiger partial charge on any atom is 0.319 e. The Morgan fingerprint density at radius 2 is 2.09 bits per heavy atom. The van der Waals surface area contributed by atoms with Crippen molar-refractivity contribution >= 4 is 11.7 Å². The summed E-state index contributed by atoms with van der Waals surface area (Å²) in [5, 5.41) is 23.2. The molecule has 2 amide bonds. The summed E-state index contributed by atoms with van der Waals surface area (Å²) >= 11 is 0.